The number of hydrogen-bond donors (Lipinski definition) is 1. The zero-order chi connectivity index (χ0) is 24.9. The summed E-state index contributed by atoms with van der Waals surface area (Å²) < 4.78 is 3.11. The van der Waals surface area contributed by atoms with Crippen molar-refractivity contribution in [1.82, 2.24) is 24.2 Å². The number of hydrogen-bond acceptors (Lipinski definition) is 5. The zero-order valence-electron chi connectivity index (χ0n) is 19.7. The van der Waals surface area contributed by atoms with Crippen molar-refractivity contribution < 1.29 is 9.90 Å². The minimum absolute atomic E-state index is 0.136. The van der Waals surface area contributed by atoms with Crippen LogP contribution in [0.5, 0.6) is 0 Å². The molecule has 4 aromatic rings. The van der Waals surface area contributed by atoms with Gasteiger partial charge < -0.3 is 10.0 Å². The van der Waals surface area contributed by atoms with Gasteiger partial charge in [0.2, 0.25) is 5.91 Å². The van der Waals surface area contributed by atoms with Gasteiger partial charge in [0.1, 0.15) is 11.7 Å². The van der Waals surface area contributed by atoms with Crippen LogP contribution in [0.25, 0.3) is 27.8 Å². The van der Waals surface area contributed by atoms with Crippen LogP contribution in [0.1, 0.15) is 25.7 Å². The van der Waals surface area contributed by atoms with Crippen LogP contribution < -0.4 is 5.56 Å². The van der Waals surface area contributed by atoms with Crippen LogP contribution in [0.3, 0.4) is 0 Å². The standard InChI is InChI=1S/C27H26ClN5O3/c28-21-8-6-18(7-9-21)20-2-1-3-22(14-20)33-24-23(15-30-33)26(35)32(17-29-24)16-27(36)10-12-31(13-11-27)25(34)19-4-5-19/h1-3,6-9,14-15,17,19,36H,4-5,10-13,16H2. The molecule has 1 aliphatic heterocycles. The average Bonchev–Trinajstić information content (AvgIpc) is 3.65. The second-order valence-corrected chi connectivity index (χ2v) is 10.3. The van der Waals surface area contributed by atoms with Crippen LogP contribution in [-0.2, 0) is 11.3 Å². The molecule has 0 atom stereocenters. The van der Waals surface area contributed by atoms with E-state index in [1.165, 1.54) is 17.1 Å². The SMILES string of the molecule is O=C(C1CC1)N1CCC(O)(Cn2cnc3c(cnn3-c3cccc(-c4ccc(Cl)cc4)c3)c2=O)CC1. The highest BCUT2D eigenvalue weighted by Crippen LogP contribution is 2.33. The molecule has 1 saturated carbocycles. The molecule has 2 aliphatic rings. The van der Waals surface area contributed by atoms with E-state index in [4.69, 9.17) is 11.6 Å². The number of amides is 1. The van der Waals surface area contributed by atoms with E-state index >= 15 is 0 Å². The third-order valence-corrected chi connectivity index (χ3v) is 7.47. The molecular formula is C27H26ClN5O3. The van der Waals surface area contributed by atoms with Crippen molar-refractivity contribution in [3.05, 3.63) is 76.4 Å². The summed E-state index contributed by atoms with van der Waals surface area (Å²) in [6.07, 6.45) is 5.82. The smallest absolute Gasteiger partial charge is 0.264 e. The number of aromatic nitrogens is 4. The number of aliphatic hydroxyl groups is 1. The highest BCUT2D eigenvalue weighted by molar-refractivity contribution is 6.30. The minimum Gasteiger partial charge on any atom is -0.388 e. The number of piperidine rings is 1. The molecule has 1 amide bonds. The normalized spacial score (nSPS) is 17.4. The summed E-state index contributed by atoms with van der Waals surface area (Å²) in [6, 6.07) is 15.4. The van der Waals surface area contributed by atoms with Crippen molar-refractivity contribution in [2.75, 3.05) is 13.1 Å². The molecule has 184 valence electrons. The van der Waals surface area contributed by atoms with Gasteiger partial charge in [0, 0.05) is 24.0 Å². The lowest BCUT2D eigenvalue weighted by molar-refractivity contribution is -0.137. The van der Waals surface area contributed by atoms with Crippen molar-refractivity contribution in [1.29, 1.82) is 0 Å². The predicted molar refractivity (Wildman–Crippen MR) is 137 cm³/mol. The van der Waals surface area contributed by atoms with E-state index in [0.29, 0.717) is 42.0 Å². The van der Waals surface area contributed by atoms with Gasteiger partial charge in [-0.25, -0.2) is 9.67 Å². The first-order valence-electron chi connectivity index (χ1n) is 12.2. The molecule has 1 saturated heterocycles. The molecular weight excluding hydrogens is 478 g/mol. The van der Waals surface area contributed by atoms with Crippen LogP contribution in [0, 0.1) is 5.92 Å². The third kappa shape index (κ3) is 4.31. The number of rotatable bonds is 5. The molecule has 36 heavy (non-hydrogen) atoms. The highest BCUT2D eigenvalue weighted by atomic mass is 35.5. The molecule has 0 unspecified atom stereocenters. The average molecular weight is 504 g/mol. The summed E-state index contributed by atoms with van der Waals surface area (Å²) in [6.45, 7) is 1.16. The first kappa shape index (κ1) is 22.9. The number of carbonyl (C=O) groups is 1. The van der Waals surface area contributed by atoms with E-state index in [1.54, 1.807) is 4.68 Å². The van der Waals surface area contributed by atoms with Crippen molar-refractivity contribution in [3.63, 3.8) is 0 Å². The van der Waals surface area contributed by atoms with Gasteiger partial charge in [-0.1, -0.05) is 35.9 Å². The summed E-state index contributed by atoms with van der Waals surface area (Å²) >= 11 is 6.02. The maximum Gasteiger partial charge on any atom is 0.264 e. The van der Waals surface area contributed by atoms with Crippen LogP contribution in [0.2, 0.25) is 5.02 Å². The molecule has 0 bridgehead atoms. The maximum atomic E-state index is 13.3. The fraction of sp³-hybridized carbons (Fsp3) is 0.333. The number of nitrogens with zero attached hydrogens (tertiary/aromatic N) is 5. The van der Waals surface area contributed by atoms with E-state index in [2.05, 4.69) is 10.1 Å². The Labute approximate surface area is 212 Å². The molecule has 2 aromatic carbocycles. The van der Waals surface area contributed by atoms with Crippen molar-refractivity contribution >= 4 is 28.5 Å². The molecule has 2 fully saturated rings. The second-order valence-electron chi connectivity index (χ2n) is 9.85. The molecule has 6 rings (SSSR count). The lowest BCUT2D eigenvalue weighted by Gasteiger charge is -2.38. The van der Waals surface area contributed by atoms with Gasteiger partial charge in [0.15, 0.2) is 5.65 Å². The minimum atomic E-state index is -1.05. The Morgan fingerprint density at radius 3 is 2.56 bits per heavy atom. The van der Waals surface area contributed by atoms with E-state index in [0.717, 1.165) is 29.7 Å². The van der Waals surface area contributed by atoms with Gasteiger partial charge >= 0.3 is 0 Å². The molecule has 1 aliphatic carbocycles. The molecule has 3 heterocycles. The fourth-order valence-corrected chi connectivity index (χ4v) is 5.04. The van der Waals surface area contributed by atoms with Crippen LogP contribution in [-0.4, -0.2) is 53.9 Å². The summed E-state index contributed by atoms with van der Waals surface area (Å²) in [5, 5.41) is 16.7. The van der Waals surface area contributed by atoms with Crippen molar-refractivity contribution in [3.8, 4) is 16.8 Å². The number of fused-ring (bicyclic) bond motifs is 1. The second kappa shape index (κ2) is 8.87. The molecule has 0 spiro atoms. The van der Waals surface area contributed by atoms with Crippen molar-refractivity contribution in [2.45, 2.75) is 37.8 Å². The molecule has 9 heteroatoms. The third-order valence-electron chi connectivity index (χ3n) is 7.22. The van der Waals surface area contributed by atoms with Crippen molar-refractivity contribution in [2.24, 2.45) is 5.92 Å². The van der Waals surface area contributed by atoms with E-state index < -0.39 is 5.60 Å². The Balaban J connectivity index is 1.24. The lowest BCUT2D eigenvalue weighted by atomic mass is 9.91. The van der Waals surface area contributed by atoms with Gasteiger partial charge in [0.25, 0.3) is 5.56 Å². The number of carbonyl (C=O) groups excluding carboxylic acids is 1. The topological polar surface area (TPSA) is 93.2 Å². The Morgan fingerprint density at radius 1 is 1.08 bits per heavy atom. The molecule has 0 radical (unpaired) electrons. The quantitative estimate of drug-likeness (QED) is 0.448. The first-order valence-corrected chi connectivity index (χ1v) is 12.6. The monoisotopic (exact) mass is 503 g/mol. The molecule has 2 aromatic heterocycles. The Hall–Kier alpha value is -3.49. The Morgan fingerprint density at radius 2 is 1.83 bits per heavy atom. The summed E-state index contributed by atoms with van der Waals surface area (Å²) in [5.41, 5.74) is 1.96. The van der Waals surface area contributed by atoms with Gasteiger partial charge in [-0.15, -0.1) is 0 Å². The molecule has 1 N–H and O–H groups in total. The fourth-order valence-electron chi connectivity index (χ4n) is 4.92. The summed E-state index contributed by atoms with van der Waals surface area (Å²) in [4.78, 5) is 32.0. The van der Waals surface area contributed by atoms with E-state index in [1.807, 2.05) is 53.4 Å². The predicted octanol–water partition coefficient (Wildman–Crippen LogP) is 3.67. The number of likely N-dealkylation sites (tertiary alicyclic amines) is 1. The van der Waals surface area contributed by atoms with Crippen LogP contribution in [0.15, 0.2) is 65.8 Å². The largest absolute Gasteiger partial charge is 0.388 e. The summed E-state index contributed by atoms with van der Waals surface area (Å²) in [5.74, 6) is 0.374. The number of benzene rings is 2. The summed E-state index contributed by atoms with van der Waals surface area (Å²) in [7, 11) is 0. The van der Waals surface area contributed by atoms with Gasteiger partial charge in [0.05, 0.1) is 24.0 Å². The highest BCUT2D eigenvalue weighted by Gasteiger charge is 2.39. The van der Waals surface area contributed by atoms with Gasteiger partial charge in [-0.3, -0.25) is 14.2 Å². The lowest BCUT2D eigenvalue weighted by Crippen LogP contribution is -2.50. The van der Waals surface area contributed by atoms with E-state index in [9.17, 15) is 14.7 Å². The molecule has 8 nitrogen and oxygen atoms in total. The number of halogens is 1. The van der Waals surface area contributed by atoms with Crippen LogP contribution in [0.4, 0.5) is 0 Å². The van der Waals surface area contributed by atoms with Crippen LogP contribution >= 0.6 is 11.6 Å². The Kier molecular flexibility index (Phi) is 5.65. The zero-order valence-corrected chi connectivity index (χ0v) is 20.4. The van der Waals surface area contributed by atoms with Gasteiger partial charge in [-0.2, -0.15) is 5.10 Å². The Bertz CT molecular complexity index is 1500. The van der Waals surface area contributed by atoms with Gasteiger partial charge in [-0.05, 0) is 61.1 Å². The maximum absolute atomic E-state index is 13.3. The van der Waals surface area contributed by atoms with E-state index in [-0.39, 0.29) is 23.9 Å². The first-order chi connectivity index (χ1) is 17.4.